The van der Waals surface area contributed by atoms with Crippen LogP contribution < -0.4 is 19.1 Å². The molecule has 0 aliphatic carbocycles. The van der Waals surface area contributed by atoms with Crippen LogP contribution in [0.15, 0.2) is 41.4 Å². The summed E-state index contributed by atoms with van der Waals surface area (Å²) in [4.78, 5) is 17.5. The second-order valence-corrected chi connectivity index (χ2v) is 7.33. The molecule has 2 aromatic rings. The largest absolute Gasteiger partial charge is 0.495 e. The van der Waals surface area contributed by atoms with Crippen LogP contribution in [0.3, 0.4) is 0 Å². The molecule has 3 rings (SSSR count). The average molecular weight is 377 g/mol. The van der Waals surface area contributed by atoms with Crippen molar-refractivity contribution in [1.82, 2.24) is 4.98 Å². The van der Waals surface area contributed by atoms with Crippen molar-refractivity contribution in [3.8, 4) is 11.6 Å². The monoisotopic (exact) mass is 377 g/mol. The van der Waals surface area contributed by atoms with E-state index in [2.05, 4.69) is 9.71 Å². The van der Waals surface area contributed by atoms with Crippen molar-refractivity contribution >= 4 is 27.3 Å². The number of ether oxygens (including phenoxy) is 2. The smallest absolute Gasteiger partial charge is 0.265 e. The maximum absolute atomic E-state index is 12.8. The highest BCUT2D eigenvalue weighted by molar-refractivity contribution is 7.92. The van der Waals surface area contributed by atoms with E-state index in [9.17, 15) is 13.2 Å². The van der Waals surface area contributed by atoms with Gasteiger partial charge >= 0.3 is 0 Å². The highest BCUT2D eigenvalue weighted by atomic mass is 32.2. The van der Waals surface area contributed by atoms with Gasteiger partial charge in [0.1, 0.15) is 10.6 Å². The van der Waals surface area contributed by atoms with Gasteiger partial charge in [0, 0.05) is 24.7 Å². The van der Waals surface area contributed by atoms with E-state index < -0.39 is 10.0 Å². The molecule has 9 heteroatoms. The van der Waals surface area contributed by atoms with E-state index >= 15 is 0 Å². The zero-order chi connectivity index (χ0) is 18.7. The summed E-state index contributed by atoms with van der Waals surface area (Å²) >= 11 is 0. The molecule has 1 N–H and O–H groups in total. The average Bonchev–Trinajstić information content (AvgIpc) is 3.07. The maximum atomic E-state index is 12.8. The number of anilines is 2. The fourth-order valence-electron chi connectivity index (χ4n) is 2.74. The molecule has 1 saturated heterocycles. The van der Waals surface area contributed by atoms with E-state index in [1.165, 1.54) is 26.5 Å². The molecule has 1 aromatic heterocycles. The van der Waals surface area contributed by atoms with Crippen molar-refractivity contribution in [2.45, 2.75) is 17.7 Å². The van der Waals surface area contributed by atoms with Crippen LogP contribution in [-0.2, 0) is 14.8 Å². The summed E-state index contributed by atoms with van der Waals surface area (Å²) in [5.41, 5.74) is 0.817. The van der Waals surface area contributed by atoms with E-state index in [0.717, 1.165) is 6.42 Å². The van der Waals surface area contributed by atoms with Crippen LogP contribution in [0.5, 0.6) is 11.6 Å². The third-order valence-electron chi connectivity index (χ3n) is 4.02. The third-order valence-corrected chi connectivity index (χ3v) is 5.42. The predicted molar refractivity (Wildman–Crippen MR) is 96.2 cm³/mol. The molecule has 0 spiro atoms. The molecule has 1 aliphatic heterocycles. The van der Waals surface area contributed by atoms with Crippen LogP contribution >= 0.6 is 0 Å². The predicted octanol–water partition coefficient (Wildman–Crippen LogP) is 2.03. The van der Waals surface area contributed by atoms with Crippen LogP contribution in [0, 0.1) is 0 Å². The van der Waals surface area contributed by atoms with Crippen LogP contribution in [0.1, 0.15) is 12.8 Å². The van der Waals surface area contributed by atoms with Gasteiger partial charge in [-0.3, -0.25) is 9.52 Å². The lowest BCUT2D eigenvalue weighted by molar-refractivity contribution is -0.117. The fourth-order valence-corrected chi connectivity index (χ4v) is 3.97. The van der Waals surface area contributed by atoms with Crippen LogP contribution in [0.4, 0.5) is 11.4 Å². The minimum atomic E-state index is -3.94. The highest BCUT2D eigenvalue weighted by Crippen LogP contribution is 2.32. The number of rotatable bonds is 6. The third kappa shape index (κ3) is 3.57. The topological polar surface area (TPSA) is 97.8 Å². The Morgan fingerprint density at radius 2 is 1.96 bits per heavy atom. The molecule has 138 valence electrons. The lowest BCUT2D eigenvalue weighted by Gasteiger charge is -2.18. The zero-order valence-corrected chi connectivity index (χ0v) is 15.2. The summed E-state index contributed by atoms with van der Waals surface area (Å²) in [5, 5.41) is 0. The Morgan fingerprint density at radius 1 is 1.15 bits per heavy atom. The standard InChI is InChI=1S/C17H19N3O5S/c1-24-14-7-6-13(20-9-3-4-17(20)21)10-15(14)26(22,23)19-12-5-8-16(25-2)18-11-12/h5-8,10-11,19H,3-4,9H2,1-2H3. The van der Waals surface area contributed by atoms with Crippen LogP contribution in [0.25, 0.3) is 0 Å². The molecular formula is C17H19N3O5S. The van der Waals surface area contributed by atoms with E-state index in [-0.39, 0.29) is 22.2 Å². The molecule has 2 heterocycles. The first-order chi connectivity index (χ1) is 12.4. The molecule has 0 atom stereocenters. The van der Waals surface area contributed by atoms with Crippen molar-refractivity contribution in [1.29, 1.82) is 0 Å². The van der Waals surface area contributed by atoms with Gasteiger partial charge in [-0.1, -0.05) is 0 Å². The SMILES string of the molecule is COc1ccc(NS(=O)(=O)c2cc(N3CCCC3=O)ccc2OC)cn1. The van der Waals surface area contributed by atoms with E-state index in [4.69, 9.17) is 9.47 Å². The number of hydrogen-bond donors (Lipinski definition) is 1. The van der Waals surface area contributed by atoms with Crippen molar-refractivity contribution in [3.63, 3.8) is 0 Å². The number of carbonyl (C=O) groups is 1. The number of benzene rings is 1. The molecular weight excluding hydrogens is 358 g/mol. The number of pyridine rings is 1. The van der Waals surface area contributed by atoms with E-state index in [1.807, 2.05) is 0 Å². The van der Waals surface area contributed by atoms with Gasteiger partial charge in [0.2, 0.25) is 11.8 Å². The maximum Gasteiger partial charge on any atom is 0.265 e. The molecule has 1 amide bonds. The number of nitrogens with one attached hydrogen (secondary N) is 1. The van der Waals surface area contributed by atoms with Gasteiger partial charge in [-0.15, -0.1) is 0 Å². The van der Waals surface area contributed by atoms with Gasteiger partial charge < -0.3 is 14.4 Å². The lowest BCUT2D eigenvalue weighted by atomic mass is 10.3. The summed E-state index contributed by atoms with van der Waals surface area (Å²) in [6.45, 7) is 0.570. The minimum Gasteiger partial charge on any atom is -0.495 e. The van der Waals surface area contributed by atoms with Crippen molar-refractivity contribution in [3.05, 3.63) is 36.5 Å². The van der Waals surface area contributed by atoms with Gasteiger partial charge in [-0.05, 0) is 30.7 Å². The van der Waals surface area contributed by atoms with Crippen molar-refractivity contribution in [2.75, 3.05) is 30.4 Å². The molecule has 0 saturated carbocycles. The highest BCUT2D eigenvalue weighted by Gasteiger charge is 2.26. The number of sulfonamides is 1. The second-order valence-electron chi connectivity index (χ2n) is 5.68. The molecule has 1 aliphatic rings. The van der Waals surface area contributed by atoms with Crippen molar-refractivity contribution < 1.29 is 22.7 Å². The summed E-state index contributed by atoms with van der Waals surface area (Å²) in [6, 6.07) is 7.76. The Hall–Kier alpha value is -2.81. The van der Waals surface area contributed by atoms with Gasteiger partial charge in [-0.25, -0.2) is 13.4 Å². The summed E-state index contributed by atoms with van der Waals surface area (Å²) < 4.78 is 38.3. The normalized spacial score (nSPS) is 14.4. The van der Waals surface area contributed by atoms with Crippen LogP contribution in [0.2, 0.25) is 0 Å². The fraction of sp³-hybridized carbons (Fsp3) is 0.294. The number of hydrogen-bond acceptors (Lipinski definition) is 6. The summed E-state index contributed by atoms with van der Waals surface area (Å²) in [6.07, 6.45) is 2.57. The Bertz CT molecular complexity index is 912. The Morgan fingerprint density at radius 3 is 2.54 bits per heavy atom. The molecule has 8 nitrogen and oxygen atoms in total. The zero-order valence-electron chi connectivity index (χ0n) is 14.4. The Labute approximate surface area is 151 Å². The van der Waals surface area contributed by atoms with E-state index in [1.54, 1.807) is 29.2 Å². The molecule has 0 bridgehead atoms. The number of aromatic nitrogens is 1. The minimum absolute atomic E-state index is 0.0224. The Balaban J connectivity index is 1.95. The van der Waals surface area contributed by atoms with E-state index in [0.29, 0.717) is 24.5 Å². The quantitative estimate of drug-likeness (QED) is 0.827. The first kappa shape index (κ1) is 18.0. The molecule has 1 fully saturated rings. The number of carbonyl (C=O) groups excluding carboxylic acids is 1. The summed E-state index contributed by atoms with van der Waals surface area (Å²) in [5.74, 6) is 0.542. The van der Waals surface area contributed by atoms with Gasteiger partial charge in [0.15, 0.2) is 0 Å². The molecule has 1 aromatic carbocycles. The number of nitrogens with zero attached hydrogens (tertiary/aromatic N) is 2. The van der Waals surface area contributed by atoms with Crippen molar-refractivity contribution in [2.24, 2.45) is 0 Å². The van der Waals surface area contributed by atoms with Gasteiger partial charge in [-0.2, -0.15) is 0 Å². The molecule has 0 radical (unpaired) electrons. The van der Waals surface area contributed by atoms with Gasteiger partial charge in [0.25, 0.3) is 10.0 Å². The molecule has 0 unspecified atom stereocenters. The second kappa shape index (κ2) is 7.20. The van der Waals surface area contributed by atoms with Gasteiger partial charge in [0.05, 0.1) is 26.1 Å². The number of methoxy groups -OCH3 is 2. The lowest BCUT2D eigenvalue weighted by Crippen LogP contribution is -2.24. The number of amides is 1. The summed E-state index contributed by atoms with van der Waals surface area (Å²) in [7, 11) is -1.07. The first-order valence-corrected chi connectivity index (χ1v) is 9.44. The Kier molecular flexibility index (Phi) is 4.99. The van der Waals surface area contributed by atoms with Crippen LogP contribution in [-0.4, -0.2) is 40.1 Å². The molecule has 26 heavy (non-hydrogen) atoms. The first-order valence-electron chi connectivity index (χ1n) is 7.96.